The number of carbonyl (C=O) groups is 2. The highest BCUT2D eigenvalue weighted by molar-refractivity contribution is 6.03. The molecule has 9 nitrogen and oxygen atoms in total. The molecule has 1 saturated carbocycles. The normalized spacial score (nSPS) is 14.7. The number of fused-ring (bicyclic) bond motifs is 1. The molecule has 4 rings (SSSR count). The summed E-state index contributed by atoms with van der Waals surface area (Å²) in [6.45, 7) is 4.99. The van der Waals surface area contributed by atoms with Gasteiger partial charge in [0.15, 0.2) is 0 Å². The summed E-state index contributed by atoms with van der Waals surface area (Å²) in [7, 11) is 1.56. The van der Waals surface area contributed by atoms with Crippen LogP contribution < -0.4 is 20.7 Å². The zero-order valence-electron chi connectivity index (χ0n) is 20.6. The van der Waals surface area contributed by atoms with E-state index in [9.17, 15) is 14.0 Å². The third-order valence-electron chi connectivity index (χ3n) is 5.94. The number of nitrogens with zero attached hydrogens (tertiary/aromatic N) is 2. The van der Waals surface area contributed by atoms with Gasteiger partial charge in [0.05, 0.1) is 17.5 Å². The molecule has 10 heteroatoms. The molecular weight excluding hydrogens is 465 g/mol. The predicted molar refractivity (Wildman–Crippen MR) is 135 cm³/mol. The molecule has 1 aliphatic rings. The van der Waals surface area contributed by atoms with Crippen molar-refractivity contribution in [2.24, 2.45) is 5.41 Å². The Balaban J connectivity index is 1.35. The Hall–Kier alpha value is -3.79. The summed E-state index contributed by atoms with van der Waals surface area (Å²) >= 11 is 0. The number of hydrogen-bond donors (Lipinski definition) is 3. The number of hydrogen-bond acceptors (Lipinski definition) is 7. The predicted octanol–water partition coefficient (Wildman–Crippen LogP) is 4.17. The van der Waals surface area contributed by atoms with Gasteiger partial charge in [-0.3, -0.25) is 9.59 Å². The van der Waals surface area contributed by atoms with E-state index in [1.165, 1.54) is 12.4 Å². The first-order valence-corrected chi connectivity index (χ1v) is 11.7. The van der Waals surface area contributed by atoms with Crippen LogP contribution in [0.15, 0.2) is 42.7 Å². The fourth-order valence-electron chi connectivity index (χ4n) is 4.32. The molecule has 0 bridgehead atoms. The summed E-state index contributed by atoms with van der Waals surface area (Å²) in [5.74, 6) is -0.536. The molecule has 0 aliphatic heterocycles. The van der Waals surface area contributed by atoms with Gasteiger partial charge in [-0.15, -0.1) is 0 Å². The lowest BCUT2D eigenvalue weighted by Gasteiger charge is -2.42. The van der Waals surface area contributed by atoms with E-state index in [1.54, 1.807) is 37.4 Å². The number of methoxy groups -OCH3 is 1. The zero-order valence-corrected chi connectivity index (χ0v) is 20.6. The molecular formula is C26H30FN5O4. The third-order valence-corrected chi connectivity index (χ3v) is 5.94. The molecule has 0 saturated heterocycles. The molecule has 3 aromatic rings. The molecule has 0 spiro atoms. The largest absolute Gasteiger partial charge is 0.491 e. The SMILES string of the molecule is COCCOc1cc(F)c2c(Nc3ccc(NC(=O)CC(=O)NC4CC(C)(C)C4)cc3)ncnc2c1. The first kappa shape index (κ1) is 25.3. The van der Waals surface area contributed by atoms with Crippen molar-refractivity contribution >= 4 is 39.9 Å². The molecule has 0 unspecified atom stereocenters. The molecule has 2 aromatic carbocycles. The number of halogens is 1. The van der Waals surface area contributed by atoms with Crippen molar-refractivity contribution < 1.29 is 23.5 Å². The summed E-state index contributed by atoms with van der Waals surface area (Å²) in [5, 5.41) is 8.93. The number of nitrogens with one attached hydrogen (secondary N) is 3. The average Bonchev–Trinajstić information content (AvgIpc) is 2.79. The highest BCUT2D eigenvalue weighted by atomic mass is 19.1. The standard InChI is InChI=1S/C26H30FN5O4/c1-26(2)13-18(14-26)31-23(34)12-22(33)30-16-4-6-17(7-5-16)32-25-24-20(27)10-19(36-9-8-35-3)11-21(24)28-15-29-25/h4-7,10-11,15,18H,8-9,12-14H2,1-3H3,(H,30,33)(H,31,34)(H,28,29,32). The van der Waals surface area contributed by atoms with Gasteiger partial charge < -0.3 is 25.4 Å². The molecule has 1 aliphatic carbocycles. The zero-order chi connectivity index (χ0) is 25.7. The van der Waals surface area contributed by atoms with E-state index in [0.29, 0.717) is 41.7 Å². The number of benzene rings is 2. The van der Waals surface area contributed by atoms with E-state index < -0.39 is 5.82 Å². The number of carbonyl (C=O) groups excluding carboxylic acids is 2. The van der Waals surface area contributed by atoms with Crippen LogP contribution in [0.2, 0.25) is 0 Å². The Morgan fingerprint density at radius 2 is 1.78 bits per heavy atom. The van der Waals surface area contributed by atoms with Crippen LogP contribution in [0.25, 0.3) is 10.9 Å². The van der Waals surface area contributed by atoms with Gasteiger partial charge >= 0.3 is 0 Å². The number of amides is 2. The molecule has 1 fully saturated rings. The smallest absolute Gasteiger partial charge is 0.233 e. The Bertz CT molecular complexity index is 1240. The van der Waals surface area contributed by atoms with Gasteiger partial charge in [0.1, 0.15) is 36.7 Å². The van der Waals surface area contributed by atoms with Crippen molar-refractivity contribution in [2.45, 2.75) is 39.2 Å². The Morgan fingerprint density at radius 3 is 2.47 bits per heavy atom. The summed E-state index contributed by atoms with van der Waals surface area (Å²) in [5.41, 5.74) is 1.83. The third kappa shape index (κ3) is 6.45. The van der Waals surface area contributed by atoms with Gasteiger partial charge in [-0.2, -0.15) is 0 Å². The Labute approximate surface area is 208 Å². The van der Waals surface area contributed by atoms with Crippen molar-refractivity contribution in [3.05, 3.63) is 48.5 Å². The van der Waals surface area contributed by atoms with Gasteiger partial charge in [-0.05, 0) is 42.5 Å². The lowest BCUT2D eigenvalue weighted by molar-refractivity contribution is -0.128. The molecule has 190 valence electrons. The van der Waals surface area contributed by atoms with E-state index in [0.717, 1.165) is 12.8 Å². The van der Waals surface area contributed by atoms with E-state index >= 15 is 0 Å². The summed E-state index contributed by atoms with van der Waals surface area (Å²) in [6, 6.07) is 9.89. The maximum Gasteiger partial charge on any atom is 0.233 e. The number of ether oxygens (including phenoxy) is 2. The molecule has 1 aromatic heterocycles. The molecule has 2 amide bonds. The highest BCUT2D eigenvalue weighted by Crippen LogP contribution is 2.39. The second-order valence-electron chi connectivity index (χ2n) is 9.63. The van der Waals surface area contributed by atoms with E-state index in [-0.39, 0.29) is 35.1 Å². The van der Waals surface area contributed by atoms with Crippen LogP contribution in [0.1, 0.15) is 33.1 Å². The average molecular weight is 496 g/mol. The highest BCUT2D eigenvalue weighted by Gasteiger charge is 2.36. The van der Waals surface area contributed by atoms with E-state index in [4.69, 9.17) is 9.47 Å². The van der Waals surface area contributed by atoms with Crippen LogP contribution in [0.3, 0.4) is 0 Å². The van der Waals surface area contributed by atoms with Crippen molar-refractivity contribution in [1.29, 1.82) is 0 Å². The van der Waals surface area contributed by atoms with Crippen molar-refractivity contribution in [3.63, 3.8) is 0 Å². The maximum absolute atomic E-state index is 14.9. The van der Waals surface area contributed by atoms with Crippen LogP contribution in [-0.4, -0.2) is 48.1 Å². The minimum absolute atomic E-state index is 0.142. The lowest BCUT2D eigenvalue weighted by atomic mass is 9.68. The van der Waals surface area contributed by atoms with Crippen LogP contribution >= 0.6 is 0 Å². The molecule has 36 heavy (non-hydrogen) atoms. The van der Waals surface area contributed by atoms with Crippen LogP contribution in [0.5, 0.6) is 5.75 Å². The van der Waals surface area contributed by atoms with Gasteiger partial charge in [-0.1, -0.05) is 13.8 Å². The molecule has 3 N–H and O–H groups in total. The quantitative estimate of drug-likeness (QED) is 0.286. The molecule has 0 atom stereocenters. The number of rotatable bonds is 10. The van der Waals surface area contributed by atoms with Gasteiger partial charge in [-0.25, -0.2) is 14.4 Å². The Morgan fingerprint density at radius 1 is 1.06 bits per heavy atom. The topological polar surface area (TPSA) is 114 Å². The number of anilines is 3. The van der Waals surface area contributed by atoms with Gasteiger partial charge in [0.25, 0.3) is 0 Å². The summed E-state index contributed by atoms with van der Waals surface area (Å²) in [6.07, 6.45) is 2.95. The maximum atomic E-state index is 14.9. The first-order valence-electron chi connectivity index (χ1n) is 11.7. The summed E-state index contributed by atoms with van der Waals surface area (Å²) < 4.78 is 25.3. The Kier molecular flexibility index (Phi) is 7.64. The minimum atomic E-state index is -0.518. The van der Waals surface area contributed by atoms with Gasteiger partial charge in [0.2, 0.25) is 11.8 Å². The monoisotopic (exact) mass is 495 g/mol. The molecule has 1 heterocycles. The van der Waals surface area contributed by atoms with Crippen molar-refractivity contribution in [3.8, 4) is 5.75 Å². The van der Waals surface area contributed by atoms with Gasteiger partial charge in [0, 0.05) is 36.7 Å². The second-order valence-corrected chi connectivity index (χ2v) is 9.63. The fraction of sp³-hybridized carbons (Fsp3) is 0.385. The van der Waals surface area contributed by atoms with E-state index in [1.807, 2.05) is 0 Å². The van der Waals surface area contributed by atoms with Crippen LogP contribution in [0, 0.1) is 11.2 Å². The molecule has 0 radical (unpaired) electrons. The second kappa shape index (κ2) is 10.9. The summed E-state index contributed by atoms with van der Waals surface area (Å²) in [4.78, 5) is 32.7. The fourth-order valence-corrected chi connectivity index (χ4v) is 4.32. The van der Waals surface area contributed by atoms with Crippen LogP contribution in [-0.2, 0) is 14.3 Å². The number of aromatic nitrogens is 2. The minimum Gasteiger partial charge on any atom is -0.491 e. The lowest BCUT2D eigenvalue weighted by Crippen LogP contribution is -2.48. The van der Waals surface area contributed by atoms with Crippen molar-refractivity contribution in [2.75, 3.05) is 31.0 Å². The van der Waals surface area contributed by atoms with E-state index in [2.05, 4.69) is 39.8 Å². The van der Waals surface area contributed by atoms with Crippen molar-refractivity contribution in [1.82, 2.24) is 15.3 Å². The first-order chi connectivity index (χ1) is 17.2. The van der Waals surface area contributed by atoms with Crippen LogP contribution in [0.4, 0.5) is 21.6 Å².